The lowest BCUT2D eigenvalue weighted by molar-refractivity contribution is -0.261. The number of cyclic esters (lactones) is 1. The van der Waals surface area contributed by atoms with Gasteiger partial charge in [-0.1, -0.05) is 19.8 Å². The van der Waals surface area contributed by atoms with Crippen molar-refractivity contribution in [2.75, 3.05) is 26.4 Å². The van der Waals surface area contributed by atoms with Crippen LogP contribution in [-0.4, -0.2) is 66.2 Å². The summed E-state index contributed by atoms with van der Waals surface area (Å²) in [7, 11) is 0. The zero-order valence-corrected chi connectivity index (χ0v) is 12.8. The van der Waals surface area contributed by atoms with Crippen LogP contribution in [0.25, 0.3) is 0 Å². The molecule has 7 heteroatoms. The minimum atomic E-state index is -1.18. The molecule has 0 unspecified atom stereocenters. The number of hydrogen-bond acceptors (Lipinski definition) is 7. The highest BCUT2D eigenvalue weighted by atomic mass is 16.7. The van der Waals surface area contributed by atoms with Crippen LogP contribution in [0.2, 0.25) is 0 Å². The molecular weight excluding hydrogens is 292 g/mol. The second-order valence-electron chi connectivity index (χ2n) is 6.25. The van der Waals surface area contributed by atoms with Crippen molar-refractivity contribution >= 4 is 5.97 Å². The molecule has 0 bridgehead atoms. The van der Waals surface area contributed by atoms with Gasteiger partial charge in [0.15, 0.2) is 5.79 Å². The van der Waals surface area contributed by atoms with Gasteiger partial charge in [-0.15, -0.1) is 0 Å². The lowest BCUT2D eigenvalue weighted by Gasteiger charge is -2.34. The van der Waals surface area contributed by atoms with E-state index in [1.807, 2.05) is 0 Å². The number of unbranched alkanes of at least 4 members (excludes halogenated alkanes) is 2. The predicted molar refractivity (Wildman–Crippen MR) is 73.9 cm³/mol. The van der Waals surface area contributed by atoms with Crippen molar-refractivity contribution in [3.8, 4) is 0 Å². The van der Waals surface area contributed by atoms with Gasteiger partial charge in [0, 0.05) is 6.42 Å². The highest BCUT2D eigenvalue weighted by Crippen LogP contribution is 2.55. The third-order valence-corrected chi connectivity index (χ3v) is 4.85. The summed E-state index contributed by atoms with van der Waals surface area (Å²) in [4.78, 5) is 12.3. The molecule has 3 fully saturated rings. The van der Waals surface area contributed by atoms with Crippen LogP contribution in [0.4, 0.5) is 0 Å². The van der Waals surface area contributed by atoms with Gasteiger partial charge in [0.25, 0.3) is 0 Å². The SMILES string of the molecule is CCCCC[C@@]1(OCCO)O[C@H]2[C@H](O)CO[C@]23COC(=O)[C@H]13. The van der Waals surface area contributed by atoms with Gasteiger partial charge in [-0.05, 0) is 6.42 Å². The standard InChI is InChI=1S/C15H24O7/c1-2-3-4-5-15(20-7-6-16)11-13(18)19-9-14(11)12(22-15)10(17)8-21-14/h10-12,16-17H,2-9H2,1H3/t10-,11+,12+,14+,15-/m1/s1. The number of carbonyl (C=O) groups is 1. The van der Waals surface area contributed by atoms with Gasteiger partial charge < -0.3 is 29.2 Å². The van der Waals surface area contributed by atoms with E-state index in [0.717, 1.165) is 19.3 Å². The van der Waals surface area contributed by atoms with E-state index in [0.29, 0.717) is 6.42 Å². The molecule has 7 nitrogen and oxygen atoms in total. The van der Waals surface area contributed by atoms with Crippen molar-refractivity contribution < 1.29 is 34.0 Å². The maximum Gasteiger partial charge on any atom is 0.317 e. The highest BCUT2D eigenvalue weighted by molar-refractivity contribution is 5.78. The molecule has 0 amide bonds. The Morgan fingerprint density at radius 2 is 2.23 bits per heavy atom. The quantitative estimate of drug-likeness (QED) is 0.503. The van der Waals surface area contributed by atoms with Gasteiger partial charge in [0.1, 0.15) is 30.3 Å². The van der Waals surface area contributed by atoms with E-state index in [4.69, 9.17) is 24.1 Å². The summed E-state index contributed by atoms with van der Waals surface area (Å²) in [6.07, 6.45) is 1.90. The van der Waals surface area contributed by atoms with Crippen molar-refractivity contribution in [3.63, 3.8) is 0 Å². The van der Waals surface area contributed by atoms with Crippen molar-refractivity contribution in [2.45, 2.75) is 56.2 Å². The van der Waals surface area contributed by atoms with Gasteiger partial charge in [0.2, 0.25) is 0 Å². The number of aliphatic hydroxyl groups is 2. The molecule has 3 rings (SSSR count). The molecule has 0 saturated carbocycles. The number of carbonyl (C=O) groups excluding carboxylic acids is 1. The van der Waals surface area contributed by atoms with E-state index in [1.54, 1.807) is 0 Å². The first-order valence-electron chi connectivity index (χ1n) is 8.01. The zero-order chi connectivity index (χ0) is 15.8. The molecule has 5 atom stereocenters. The van der Waals surface area contributed by atoms with Crippen LogP contribution in [-0.2, 0) is 23.7 Å². The van der Waals surface area contributed by atoms with Gasteiger partial charge >= 0.3 is 5.97 Å². The normalized spacial score (nSPS) is 43.2. The van der Waals surface area contributed by atoms with Crippen molar-refractivity contribution in [2.24, 2.45) is 5.92 Å². The van der Waals surface area contributed by atoms with Crippen molar-refractivity contribution in [1.82, 2.24) is 0 Å². The van der Waals surface area contributed by atoms with Gasteiger partial charge in [-0.2, -0.15) is 0 Å². The fourth-order valence-electron chi connectivity index (χ4n) is 3.90. The predicted octanol–water partition coefficient (Wildman–Crippen LogP) is -0.0264. The van der Waals surface area contributed by atoms with E-state index in [1.165, 1.54) is 0 Å². The van der Waals surface area contributed by atoms with Crippen molar-refractivity contribution in [1.29, 1.82) is 0 Å². The molecule has 3 aliphatic heterocycles. The molecule has 3 saturated heterocycles. The Hall–Kier alpha value is -0.730. The van der Waals surface area contributed by atoms with Crippen LogP contribution in [0.3, 0.4) is 0 Å². The van der Waals surface area contributed by atoms with Crippen molar-refractivity contribution in [3.05, 3.63) is 0 Å². The Morgan fingerprint density at radius 3 is 2.95 bits per heavy atom. The number of esters is 1. The second kappa shape index (κ2) is 6.05. The average Bonchev–Trinajstić information content (AvgIpc) is 3.09. The first-order chi connectivity index (χ1) is 10.6. The zero-order valence-electron chi connectivity index (χ0n) is 12.8. The average molecular weight is 316 g/mol. The summed E-state index contributed by atoms with van der Waals surface area (Å²) in [5.41, 5.74) is -0.960. The summed E-state index contributed by atoms with van der Waals surface area (Å²) < 4.78 is 22.8. The Balaban J connectivity index is 1.89. The van der Waals surface area contributed by atoms with Crippen LogP contribution < -0.4 is 0 Å². The molecule has 3 heterocycles. The number of rotatable bonds is 7. The molecule has 126 valence electrons. The molecular formula is C15H24O7. The van der Waals surface area contributed by atoms with Crippen LogP contribution >= 0.6 is 0 Å². The van der Waals surface area contributed by atoms with Gasteiger partial charge in [-0.3, -0.25) is 4.79 Å². The molecule has 0 aromatic carbocycles. The Kier molecular flexibility index (Phi) is 4.44. The summed E-state index contributed by atoms with van der Waals surface area (Å²) in [5.74, 6) is -2.31. The Labute approximate surface area is 129 Å². The number of ether oxygens (including phenoxy) is 4. The van der Waals surface area contributed by atoms with Crippen LogP contribution in [0.5, 0.6) is 0 Å². The van der Waals surface area contributed by atoms with E-state index in [-0.39, 0.29) is 26.4 Å². The van der Waals surface area contributed by atoms with Gasteiger partial charge in [-0.25, -0.2) is 0 Å². The lowest BCUT2D eigenvalue weighted by Crippen LogP contribution is -2.49. The number of hydrogen-bond donors (Lipinski definition) is 2. The molecule has 1 spiro atoms. The summed E-state index contributed by atoms with van der Waals surface area (Å²) in [6, 6.07) is 0. The Morgan fingerprint density at radius 1 is 1.41 bits per heavy atom. The smallest absolute Gasteiger partial charge is 0.317 e. The molecule has 0 aromatic heterocycles. The maximum absolute atomic E-state index is 12.3. The summed E-state index contributed by atoms with van der Waals surface area (Å²) in [6.45, 7) is 2.19. The monoisotopic (exact) mass is 316 g/mol. The number of aliphatic hydroxyl groups excluding tert-OH is 2. The molecule has 2 N–H and O–H groups in total. The first-order valence-corrected chi connectivity index (χ1v) is 8.01. The van der Waals surface area contributed by atoms with Crippen LogP contribution in [0.1, 0.15) is 32.6 Å². The van der Waals surface area contributed by atoms with E-state index in [9.17, 15) is 9.90 Å². The molecule has 0 radical (unpaired) electrons. The maximum atomic E-state index is 12.3. The van der Waals surface area contributed by atoms with E-state index in [2.05, 4.69) is 6.92 Å². The summed E-state index contributed by atoms with van der Waals surface area (Å²) >= 11 is 0. The third kappa shape index (κ3) is 2.27. The van der Waals surface area contributed by atoms with Crippen LogP contribution in [0, 0.1) is 5.92 Å². The summed E-state index contributed by atoms with van der Waals surface area (Å²) in [5, 5.41) is 19.2. The molecule has 22 heavy (non-hydrogen) atoms. The molecule has 0 aromatic rings. The minimum Gasteiger partial charge on any atom is -0.462 e. The lowest BCUT2D eigenvalue weighted by atomic mass is 9.81. The largest absolute Gasteiger partial charge is 0.462 e. The van der Waals surface area contributed by atoms with E-state index < -0.39 is 35.5 Å². The highest BCUT2D eigenvalue weighted by Gasteiger charge is 2.75. The fraction of sp³-hybridized carbons (Fsp3) is 0.933. The van der Waals surface area contributed by atoms with E-state index >= 15 is 0 Å². The second-order valence-corrected chi connectivity index (χ2v) is 6.25. The Bertz CT molecular complexity index is 428. The fourth-order valence-corrected chi connectivity index (χ4v) is 3.90. The first kappa shape index (κ1) is 16.1. The topological polar surface area (TPSA) is 94.5 Å². The van der Waals surface area contributed by atoms with Gasteiger partial charge in [0.05, 0.1) is 19.8 Å². The minimum absolute atomic E-state index is 0.0643. The molecule has 3 aliphatic rings. The third-order valence-electron chi connectivity index (χ3n) is 4.85. The molecule has 0 aliphatic carbocycles. The van der Waals surface area contributed by atoms with Crippen LogP contribution in [0.15, 0.2) is 0 Å².